The molecule has 0 atom stereocenters. The molecule has 3 rings (SSSR count). The highest BCUT2D eigenvalue weighted by Gasteiger charge is 2.26. The van der Waals surface area contributed by atoms with Gasteiger partial charge in [0.1, 0.15) is 0 Å². The monoisotopic (exact) mass is 333 g/mol. The molecule has 1 aromatic heterocycles. The molecule has 25 heavy (non-hydrogen) atoms. The van der Waals surface area contributed by atoms with Gasteiger partial charge >= 0.3 is 0 Å². The molecule has 0 spiro atoms. The number of rotatable bonds is 3. The van der Waals surface area contributed by atoms with Gasteiger partial charge in [-0.1, -0.05) is 75.4 Å². The van der Waals surface area contributed by atoms with E-state index in [4.69, 9.17) is 0 Å². The highest BCUT2D eigenvalue weighted by atomic mass is 16.3. The van der Waals surface area contributed by atoms with E-state index >= 15 is 0 Å². The Labute approximate surface area is 148 Å². The summed E-state index contributed by atoms with van der Waals surface area (Å²) in [5, 5.41) is 10.1. The van der Waals surface area contributed by atoms with Crippen LogP contribution in [0.3, 0.4) is 0 Å². The quantitative estimate of drug-likeness (QED) is 0.721. The minimum absolute atomic E-state index is 0.00386. The molecule has 3 heteroatoms. The normalized spacial score (nSPS) is 11.5. The largest absolute Gasteiger partial charge is 0.494 e. The van der Waals surface area contributed by atoms with Crippen LogP contribution < -0.4 is 0 Å². The lowest BCUT2D eigenvalue weighted by Gasteiger charge is -2.20. The van der Waals surface area contributed by atoms with Gasteiger partial charge in [0, 0.05) is 23.6 Å². The maximum atomic E-state index is 12.6. The first-order valence-corrected chi connectivity index (χ1v) is 8.45. The minimum Gasteiger partial charge on any atom is -0.494 e. The molecule has 0 unspecified atom stereocenters. The fraction of sp³-hybridized carbons (Fsp3) is 0.227. The van der Waals surface area contributed by atoms with Gasteiger partial charge in [0.25, 0.3) is 0 Å². The summed E-state index contributed by atoms with van der Waals surface area (Å²) in [5.74, 6) is -0.110. The number of aromatic hydroxyl groups is 1. The van der Waals surface area contributed by atoms with Gasteiger partial charge in [-0.05, 0) is 22.8 Å². The van der Waals surface area contributed by atoms with Gasteiger partial charge in [0.15, 0.2) is 5.88 Å². The van der Waals surface area contributed by atoms with Gasteiger partial charge in [-0.25, -0.2) is 0 Å². The molecule has 0 radical (unpaired) electrons. The van der Waals surface area contributed by atoms with E-state index in [2.05, 4.69) is 36.4 Å². The third kappa shape index (κ3) is 3.66. The van der Waals surface area contributed by atoms with E-state index in [1.165, 1.54) is 10.1 Å². The van der Waals surface area contributed by atoms with E-state index in [1.807, 2.05) is 45.0 Å². The maximum Gasteiger partial charge on any atom is 0.239 e. The molecule has 0 bridgehead atoms. The number of nitrogens with zero attached hydrogens (tertiary/aromatic N) is 1. The van der Waals surface area contributed by atoms with Crippen molar-refractivity contribution in [1.82, 2.24) is 4.57 Å². The Morgan fingerprint density at radius 1 is 0.880 bits per heavy atom. The van der Waals surface area contributed by atoms with Gasteiger partial charge in [-0.2, -0.15) is 0 Å². The topological polar surface area (TPSA) is 42.2 Å². The first-order chi connectivity index (χ1) is 11.9. The fourth-order valence-electron chi connectivity index (χ4n) is 2.83. The molecule has 0 fully saturated rings. The number of aromatic nitrogens is 1. The van der Waals surface area contributed by atoms with Crippen LogP contribution in [-0.4, -0.2) is 15.6 Å². The first-order valence-electron chi connectivity index (χ1n) is 8.45. The predicted octanol–water partition coefficient (Wildman–Crippen LogP) is 5.14. The van der Waals surface area contributed by atoms with Crippen molar-refractivity contribution in [2.45, 2.75) is 27.2 Å². The van der Waals surface area contributed by atoms with E-state index in [0.717, 1.165) is 16.8 Å². The Kier molecular flexibility index (Phi) is 4.49. The zero-order valence-electron chi connectivity index (χ0n) is 14.9. The van der Waals surface area contributed by atoms with Crippen LogP contribution >= 0.6 is 0 Å². The van der Waals surface area contributed by atoms with Crippen molar-refractivity contribution in [2.24, 2.45) is 5.41 Å². The number of benzene rings is 2. The van der Waals surface area contributed by atoms with Crippen molar-refractivity contribution < 1.29 is 9.90 Å². The maximum absolute atomic E-state index is 12.6. The van der Waals surface area contributed by atoms with Gasteiger partial charge in [0.05, 0.1) is 0 Å². The van der Waals surface area contributed by atoms with E-state index < -0.39 is 5.41 Å². The van der Waals surface area contributed by atoms with Crippen LogP contribution in [0.5, 0.6) is 5.88 Å². The van der Waals surface area contributed by atoms with Crippen LogP contribution in [0.1, 0.15) is 36.8 Å². The molecule has 1 N–H and O–H groups in total. The number of hydrogen-bond donors (Lipinski definition) is 1. The SMILES string of the molecule is CC(C)(C)C(=O)n1c(O)ccc1Cc1ccc(-c2ccccc2)cc1. The molecule has 0 aliphatic heterocycles. The highest BCUT2D eigenvalue weighted by Crippen LogP contribution is 2.26. The Bertz CT molecular complexity index is 869. The van der Waals surface area contributed by atoms with Crippen LogP contribution in [0.25, 0.3) is 11.1 Å². The van der Waals surface area contributed by atoms with E-state index in [1.54, 1.807) is 6.07 Å². The second kappa shape index (κ2) is 6.60. The van der Waals surface area contributed by atoms with E-state index in [9.17, 15) is 9.90 Å². The highest BCUT2D eigenvalue weighted by molar-refractivity contribution is 5.86. The number of hydrogen-bond acceptors (Lipinski definition) is 2. The van der Waals surface area contributed by atoms with Gasteiger partial charge in [-0.15, -0.1) is 0 Å². The summed E-state index contributed by atoms with van der Waals surface area (Å²) in [4.78, 5) is 12.6. The lowest BCUT2D eigenvalue weighted by Crippen LogP contribution is -2.27. The molecule has 0 saturated carbocycles. The van der Waals surface area contributed by atoms with E-state index in [-0.39, 0.29) is 11.8 Å². The summed E-state index contributed by atoms with van der Waals surface area (Å²) >= 11 is 0. The molecule has 0 aliphatic rings. The summed E-state index contributed by atoms with van der Waals surface area (Å²) in [5.41, 5.74) is 3.68. The molecule has 3 aromatic rings. The molecular weight excluding hydrogens is 310 g/mol. The molecule has 0 saturated heterocycles. The number of carbonyl (C=O) groups excluding carboxylic acids is 1. The Morgan fingerprint density at radius 2 is 1.48 bits per heavy atom. The van der Waals surface area contributed by atoms with Crippen molar-refractivity contribution in [3.05, 3.63) is 78.0 Å². The lowest BCUT2D eigenvalue weighted by atomic mass is 9.95. The molecule has 3 nitrogen and oxygen atoms in total. The smallest absolute Gasteiger partial charge is 0.239 e. The minimum atomic E-state index is -0.553. The van der Waals surface area contributed by atoms with Crippen molar-refractivity contribution >= 4 is 5.91 Å². The summed E-state index contributed by atoms with van der Waals surface area (Å²) < 4.78 is 1.42. The third-order valence-electron chi connectivity index (χ3n) is 4.23. The fourth-order valence-corrected chi connectivity index (χ4v) is 2.83. The predicted molar refractivity (Wildman–Crippen MR) is 101 cm³/mol. The Balaban J connectivity index is 1.85. The van der Waals surface area contributed by atoms with Crippen molar-refractivity contribution in [3.63, 3.8) is 0 Å². The molecule has 0 aliphatic carbocycles. The van der Waals surface area contributed by atoms with Crippen molar-refractivity contribution in [2.75, 3.05) is 0 Å². The number of carbonyl (C=O) groups is 1. The summed E-state index contributed by atoms with van der Waals surface area (Å²) in [6, 6.07) is 21.9. The third-order valence-corrected chi connectivity index (χ3v) is 4.23. The standard InChI is InChI=1S/C22H23NO2/c1-22(2,3)21(25)23-19(13-14-20(23)24)15-16-9-11-18(12-10-16)17-7-5-4-6-8-17/h4-14,24H,15H2,1-3H3. The average molecular weight is 333 g/mol. The molecular formula is C22H23NO2. The summed E-state index contributed by atoms with van der Waals surface area (Å²) in [7, 11) is 0. The molecule has 2 aromatic carbocycles. The van der Waals surface area contributed by atoms with Crippen LogP contribution in [0.2, 0.25) is 0 Å². The summed E-state index contributed by atoms with van der Waals surface area (Å²) in [6.45, 7) is 5.56. The average Bonchev–Trinajstić information content (AvgIpc) is 2.95. The second-order valence-corrected chi connectivity index (χ2v) is 7.31. The zero-order valence-corrected chi connectivity index (χ0v) is 14.9. The van der Waals surface area contributed by atoms with Crippen molar-refractivity contribution in [3.8, 4) is 17.0 Å². The molecule has 0 amide bonds. The first kappa shape index (κ1) is 17.0. The van der Waals surface area contributed by atoms with Crippen LogP contribution in [-0.2, 0) is 6.42 Å². The van der Waals surface area contributed by atoms with Crippen LogP contribution in [0, 0.1) is 5.41 Å². The van der Waals surface area contributed by atoms with Crippen LogP contribution in [0.4, 0.5) is 0 Å². The van der Waals surface area contributed by atoms with Crippen molar-refractivity contribution in [1.29, 1.82) is 0 Å². The van der Waals surface area contributed by atoms with E-state index in [0.29, 0.717) is 6.42 Å². The molecule has 128 valence electrons. The van der Waals surface area contributed by atoms with Gasteiger partial charge in [-0.3, -0.25) is 9.36 Å². The van der Waals surface area contributed by atoms with Gasteiger partial charge < -0.3 is 5.11 Å². The Hall–Kier alpha value is -2.81. The second-order valence-electron chi connectivity index (χ2n) is 7.31. The van der Waals surface area contributed by atoms with Crippen LogP contribution in [0.15, 0.2) is 66.7 Å². The summed E-state index contributed by atoms with van der Waals surface area (Å²) in [6.07, 6.45) is 0.595. The van der Waals surface area contributed by atoms with Gasteiger partial charge in [0.2, 0.25) is 5.91 Å². The Morgan fingerprint density at radius 3 is 2.08 bits per heavy atom. The lowest BCUT2D eigenvalue weighted by molar-refractivity contribution is 0.0753. The molecule has 1 heterocycles. The zero-order chi connectivity index (χ0) is 18.0.